The van der Waals surface area contributed by atoms with Crippen LogP contribution in [-0.2, 0) is 21.2 Å². The van der Waals surface area contributed by atoms with Gasteiger partial charge in [0.1, 0.15) is 24.8 Å². The van der Waals surface area contributed by atoms with Crippen molar-refractivity contribution in [3.63, 3.8) is 0 Å². The summed E-state index contributed by atoms with van der Waals surface area (Å²) in [6.45, 7) is 3.92. The van der Waals surface area contributed by atoms with Gasteiger partial charge in [0.05, 0.1) is 11.9 Å². The third-order valence-corrected chi connectivity index (χ3v) is 7.77. The molecule has 2 N–H and O–H groups in total. The molecule has 0 amide bonds. The Hall–Kier alpha value is -3.45. The van der Waals surface area contributed by atoms with Crippen molar-refractivity contribution in [1.82, 2.24) is 29.2 Å². The molecule has 1 fully saturated rings. The average molecular weight is 553 g/mol. The van der Waals surface area contributed by atoms with Gasteiger partial charge in [0.25, 0.3) is 0 Å². The van der Waals surface area contributed by atoms with Gasteiger partial charge in [-0.15, -0.1) is 0 Å². The number of fused-ring (bicyclic) bond motifs is 1. The van der Waals surface area contributed by atoms with E-state index >= 15 is 0 Å². The first kappa shape index (κ1) is 27.1. The van der Waals surface area contributed by atoms with Crippen LogP contribution in [0.2, 0.25) is 0 Å². The maximum Gasteiger partial charge on any atom is 0.237 e. The first-order valence-corrected chi connectivity index (χ1v) is 14.6. The van der Waals surface area contributed by atoms with Crippen LogP contribution in [0.25, 0.3) is 33.7 Å². The lowest BCUT2D eigenvalue weighted by Crippen LogP contribution is -2.29. The molecule has 0 unspecified atom stereocenters. The molecule has 1 saturated heterocycles. The second kappa shape index (κ2) is 11.3. The molecule has 0 bridgehead atoms. The minimum atomic E-state index is -3.62. The van der Waals surface area contributed by atoms with Gasteiger partial charge < -0.3 is 19.9 Å². The Balaban J connectivity index is 1.62. The fourth-order valence-electron chi connectivity index (χ4n) is 4.76. The van der Waals surface area contributed by atoms with Gasteiger partial charge in [-0.3, -0.25) is 0 Å². The van der Waals surface area contributed by atoms with E-state index in [9.17, 15) is 13.5 Å². The third-order valence-electron chi connectivity index (χ3n) is 6.78. The maximum atomic E-state index is 12.6. The molecule has 0 spiro atoms. The minimum absolute atomic E-state index is 0.141. The van der Waals surface area contributed by atoms with Crippen molar-refractivity contribution in [1.29, 1.82) is 0 Å². The summed E-state index contributed by atoms with van der Waals surface area (Å²) in [5, 5.41) is 13.5. The highest BCUT2D eigenvalue weighted by Gasteiger charge is 2.24. The molecule has 1 aliphatic rings. The van der Waals surface area contributed by atoms with E-state index in [1.807, 2.05) is 31.2 Å². The quantitative estimate of drug-likeness (QED) is 0.301. The zero-order valence-electron chi connectivity index (χ0n) is 22.2. The van der Waals surface area contributed by atoms with Crippen molar-refractivity contribution >= 4 is 21.1 Å². The lowest BCUT2D eigenvalue weighted by atomic mass is 9.97. The zero-order valence-corrected chi connectivity index (χ0v) is 23.0. The molecule has 5 rings (SSSR count). The van der Waals surface area contributed by atoms with Crippen LogP contribution < -0.4 is 10.1 Å². The Morgan fingerprint density at radius 3 is 2.90 bits per heavy atom. The number of rotatable bonds is 10. The van der Waals surface area contributed by atoms with E-state index in [-0.39, 0.29) is 6.61 Å². The normalized spacial score (nSPS) is 16.6. The zero-order chi connectivity index (χ0) is 27.6. The lowest BCUT2D eigenvalue weighted by Gasteiger charge is -2.16. The average Bonchev–Trinajstić information content (AvgIpc) is 3.57. The SMILES string of the molecule is CNC[C@@H](O)COc1cccc(-c2nc(C[C@@H]3CCOC3)c(C)c(-c3cn(S(C)(=O)=O)c4ncncc34)n2)c1. The molecule has 0 radical (unpaired) electrons. The number of hydrogen-bond acceptors (Lipinski definition) is 10. The second-order valence-corrected chi connectivity index (χ2v) is 11.7. The van der Waals surface area contributed by atoms with Crippen LogP contribution in [0.3, 0.4) is 0 Å². The summed E-state index contributed by atoms with van der Waals surface area (Å²) in [5.41, 5.74) is 4.01. The minimum Gasteiger partial charge on any atom is -0.491 e. The maximum absolute atomic E-state index is 12.6. The summed E-state index contributed by atoms with van der Waals surface area (Å²) in [7, 11) is -1.85. The molecule has 12 heteroatoms. The number of aromatic nitrogens is 5. The highest BCUT2D eigenvalue weighted by molar-refractivity contribution is 7.89. The van der Waals surface area contributed by atoms with Crippen LogP contribution in [-0.4, -0.2) is 83.2 Å². The Kier molecular flexibility index (Phi) is 7.89. The second-order valence-electron chi connectivity index (χ2n) is 9.81. The summed E-state index contributed by atoms with van der Waals surface area (Å²) < 4.78 is 37.7. The van der Waals surface area contributed by atoms with Crippen LogP contribution in [0.5, 0.6) is 5.75 Å². The molecule has 4 aromatic rings. The molecule has 11 nitrogen and oxygen atoms in total. The molecule has 0 aliphatic carbocycles. The fourth-order valence-corrected chi connectivity index (χ4v) is 5.52. The number of hydrogen-bond donors (Lipinski definition) is 2. The van der Waals surface area contributed by atoms with E-state index in [1.54, 1.807) is 19.4 Å². The Morgan fingerprint density at radius 2 is 2.15 bits per heavy atom. The summed E-state index contributed by atoms with van der Waals surface area (Å²) >= 11 is 0. The van der Waals surface area contributed by atoms with E-state index < -0.39 is 16.1 Å². The van der Waals surface area contributed by atoms with Crippen LogP contribution in [0.4, 0.5) is 0 Å². The largest absolute Gasteiger partial charge is 0.491 e. The molecule has 2 atom stereocenters. The van der Waals surface area contributed by atoms with Crippen LogP contribution in [0.1, 0.15) is 17.7 Å². The van der Waals surface area contributed by atoms with Gasteiger partial charge in [0, 0.05) is 54.4 Å². The Morgan fingerprint density at radius 1 is 1.31 bits per heavy atom. The number of aliphatic hydroxyl groups is 1. The highest BCUT2D eigenvalue weighted by Crippen LogP contribution is 2.34. The predicted octanol–water partition coefficient (Wildman–Crippen LogP) is 2.21. The van der Waals surface area contributed by atoms with Crippen molar-refractivity contribution < 1.29 is 23.0 Å². The van der Waals surface area contributed by atoms with Crippen molar-refractivity contribution in [2.75, 3.05) is 39.7 Å². The topological polar surface area (TPSA) is 141 Å². The Labute approximate surface area is 227 Å². The van der Waals surface area contributed by atoms with Crippen molar-refractivity contribution in [2.45, 2.75) is 25.9 Å². The lowest BCUT2D eigenvalue weighted by molar-refractivity contribution is 0.108. The highest BCUT2D eigenvalue weighted by atomic mass is 32.2. The van der Waals surface area contributed by atoms with E-state index in [4.69, 9.17) is 19.4 Å². The summed E-state index contributed by atoms with van der Waals surface area (Å²) in [4.78, 5) is 18.3. The van der Waals surface area contributed by atoms with Gasteiger partial charge in [-0.05, 0) is 50.4 Å². The Bertz CT molecular complexity index is 1580. The van der Waals surface area contributed by atoms with E-state index in [0.717, 1.165) is 40.1 Å². The molecular weight excluding hydrogens is 520 g/mol. The van der Waals surface area contributed by atoms with Crippen LogP contribution >= 0.6 is 0 Å². The molecular formula is C27H32N6O5S. The van der Waals surface area contributed by atoms with Gasteiger partial charge in [-0.2, -0.15) is 0 Å². The molecule has 206 valence electrons. The molecule has 1 aliphatic heterocycles. The van der Waals surface area contributed by atoms with Crippen LogP contribution in [0.15, 0.2) is 43.0 Å². The first-order valence-electron chi connectivity index (χ1n) is 12.8. The summed E-state index contributed by atoms with van der Waals surface area (Å²) in [6, 6.07) is 7.41. The first-order chi connectivity index (χ1) is 18.7. The summed E-state index contributed by atoms with van der Waals surface area (Å²) in [6.07, 6.45) is 6.65. The van der Waals surface area contributed by atoms with E-state index in [1.165, 1.54) is 6.33 Å². The molecule has 3 aromatic heterocycles. The van der Waals surface area contributed by atoms with Crippen molar-refractivity contribution in [3.05, 3.63) is 54.2 Å². The standard InChI is InChI=1S/C27H32N6O5S/c1-17-24(9-18-7-8-37-14-18)31-26(19-5-4-6-21(10-19)38-15-20(34)11-28-2)32-25(17)23-13-33(39(3,35)36)27-22(23)12-29-16-30-27/h4-6,10,12-13,16,18,20,28,34H,7-9,11,14-15H2,1-3H3/t18-,20+/m0/s1. The summed E-state index contributed by atoms with van der Waals surface area (Å²) in [5.74, 6) is 1.41. The van der Waals surface area contributed by atoms with Gasteiger partial charge in [-0.1, -0.05) is 12.1 Å². The molecule has 4 heterocycles. The molecule has 0 saturated carbocycles. The number of ether oxygens (including phenoxy) is 2. The molecule has 1 aromatic carbocycles. The van der Waals surface area contributed by atoms with Crippen molar-refractivity contribution in [3.8, 4) is 28.4 Å². The van der Waals surface area contributed by atoms with E-state index in [0.29, 0.717) is 59.4 Å². The van der Waals surface area contributed by atoms with Gasteiger partial charge in [-0.25, -0.2) is 32.3 Å². The number of aliphatic hydroxyl groups excluding tert-OH is 1. The monoisotopic (exact) mass is 552 g/mol. The van der Waals surface area contributed by atoms with Gasteiger partial charge in [0.2, 0.25) is 10.0 Å². The van der Waals surface area contributed by atoms with Gasteiger partial charge >= 0.3 is 0 Å². The predicted molar refractivity (Wildman–Crippen MR) is 147 cm³/mol. The van der Waals surface area contributed by atoms with E-state index in [2.05, 4.69) is 15.3 Å². The van der Waals surface area contributed by atoms with Crippen molar-refractivity contribution in [2.24, 2.45) is 5.92 Å². The third kappa shape index (κ3) is 5.93. The van der Waals surface area contributed by atoms with Gasteiger partial charge in [0.15, 0.2) is 11.5 Å². The number of benzene rings is 1. The number of nitrogens with one attached hydrogen (secondary N) is 1. The number of likely N-dealkylation sites (N-methyl/N-ethyl adjacent to an activating group) is 1. The smallest absolute Gasteiger partial charge is 0.237 e. The number of nitrogens with zero attached hydrogens (tertiary/aromatic N) is 5. The van der Waals surface area contributed by atoms with Crippen LogP contribution in [0, 0.1) is 12.8 Å². The fraction of sp³-hybridized carbons (Fsp3) is 0.407. The molecule has 39 heavy (non-hydrogen) atoms.